The molecule has 2 amide bonds. The molecule has 0 fully saturated rings. The Morgan fingerprint density at radius 3 is 1.61 bits per heavy atom. The quantitative estimate of drug-likeness (QED) is 0.608. The fourth-order valence-corrected chi connectivity index (χ4v) is 3.27. The lowest BCUT2D eigenvalue weighted by Gasteiger charge is -2.06. The van der Waals surface area contributed by atoms with E-state index in [0.29, 0.717) is 11.9 Å². The number of aromatic nitrogens is 4. The molecule has 0 bridgehead atoms. The molecule has 3 rings (SSSR count). The van der Waals surface area contributed by atoms with Gasteiger partial charge >= 0.3 is 0 Å². The Morgan fingerprint density at radius 2 is 1.25 bits per heavy atom. The van der Waals surface area contributed by atoms with Crippen LogP contribution in [0.1, 0.15) is 63.3 Å². The lowest BCUT2D eigenvalue weighted by molar-refractivity contribution is -0.112. The second kappa shape index (κ2) is 7.84. The third kappa shape index (κ3) is 4.39. The number of aromatic amines is 2. The van der Waals surface area contributed by atoms with Crippen LogP contribution in [-0.2, 0) is 22.4 Å². The van der Waals surface area contributed by atoms with E-state index in [0.717, 1.165) is 46.8 Å². The van der Waals surface area contributed by atoms with E-state index in [2.05, 4.69) is 30.6 Å². The minimum absolute atomic E-state index is 0.0665. The van der Waals surface area contributed by atoms with Gasteiger partial charge in [0, 0.05) is 29.5 Å². The molecule has 0 unspecified atom stereocenters. The Balaban J connectivity index is 1.82. The van der Waals surface area contributed by atoms with Crippen LogP contribution in [0.2, 0.25) is 0 Å². The fourth-order valence-electron chi connectivity index (χ4n) is 3.27. The van der Waals surface area contributed by atoms with E-state index < -0.39 is 0 Å². The van der Waals surface area contributed by atoms with Crippen LogP contribution < -0.4 is 10.6 Å². The number of hydrogen-bond donors (Lipinski definition) is 4. The molecule has 4 N–H and O–H groups in total. The largest absolute Gasteiger partial charge is 0.328 e. The maximum absolute atomic E-state index is 12.0. The predicted octanol–water partition coefficient (Wildman–Crippen LogP) is 3.19. The molecule has 0 saturated heterocycles. The molecule has 0 aliphatic heterocycles. The van der Waals surface area contributed by atoms with E-state index in [9.17, 15) is 9.59 Å². The Bertz CT molecular complexity index is 893. The third-order valence-corrected chi connectivity index (χ3v) is 4.39. The average molecular weight is 382 g/mol. The number of nitrogens with one attached hydrogen (secondary N) is 4. The predicted molar refractivity (Wildman–Crippen MR) is 108 cm³/mol. The minimum Gasteiger partial charge on any atom is -0.328 e. The van der Waals surface area contributed by atoms with Crippen LogP contribution in [0.3, 0.4) is 0 Å². The zero-order valence-corrected chi connectivity index (χ0v) is 16.9. The first-order chi connectivity index (χ1) is 13.2. The fraction of sp³-hybridized carbons (Fsp3) is 0.400. The molecule has 1 aliphatic rings. The van der Waals surface area contributed by atoms with Crippen molar-refractivity contribution in [3.8, 4) is 0 Å². The van der Waals surface area contributed by atoms with Gasteiger partial charge in [0.15, 0.2) is 0 Å². The summed E-state index contributed by atoms with van der Waals surface area (Å²) in [5, 5.41) is 5.54. The normalized spacial score (nSPS) is 13.0. The van der Waals surface area contributed by atoms with E-state index in [1.807, 2.05) is 34.6 Å². The number of fused-ring (bicyclic) bond motifs is 2. The average Bonchev–Trinajstić information content (AvgIpc) is 3.11. The Hall–Kier alpha value is -3.16. The van der Waals surface area contributed by atoms with Crippen LogP contribution in [0.25, 0.3) is 0 Å². The topological polar surface area (TPSA) is 116 Å². The SMILES string of the molecule is CC(C)=CC(=O)Nc1nc2c([nH]1)CCc1[nH]c(NC(=O)C=C(C)C)nc1C2C. The van der Waals surface area contributed by atoms with Gasteiger partial charge in [-0.15, -0.1) is 0 Å². The molecular weight excluding hydrogens is 356 g/mol. The Morgan fingerprint density at radius 1 is 0.857 bits per heavy atom. The van der Waals surface area contributed by atoms with Gasteiger partial charge in [-0.05, 0) is 40.5 Å². The summed E-state index contributed by atoms with van der Waals surface area (Å²) in [5.41, 5.74) is 5.54. The Kier molecular flexibility index (Phi) is 5.48. The van der Waals surface area contributed by atoms with E-state index in [1.165, 1.54) is 12.2 Å². The van der Waals surface area contributed by atoms with Crippen LogP contribution in [0.4, 0.5) is 11.9 Å². The van der Waals surface area contributed by atoms with Gasteiger partial charge in [-0.3, -0.25) is 20.2 Å². The molecule has 0 aromatic carbocycles. The van der Waals surface area contributed by atoms with Gasteiger partial charge < -0.3 is 9.97 Å². The zero-order valence-electron chi connectivity index (χ0n) is 16.9. The van der Waals surface area contributed by atoms with Gasteiger partial charge in [-0.25, -0.2) is 9.97 Å². The highest BCUT2D eigenvalue weighted by Crippen LogP contribution is 2.33. The number of hydrogen-bond acceptors (Lipinski definition) is 4. The standard InChI is InChI=1S/C20H26N6O2/c1-10(2)8-15(27)23-19-21-13-6-7-14-18(12(5)17(13)25-19)26-20(22-14)24-16(28)9-11(3)4/h8-9,12H,6-7H2,1-5H3,(H2,21,23,25,27)(H2,22,24,26,28). The highest BCUT2D eigenvalue weighted by atomic mass is 16.2. The first-order valence-corrected chi connectivity index (χ1v) is 9.32. The molecule has 8 heteroatoms. The van der Waals surface area contributed by atoms with Crippen LogP contribution in [-0.4, -0.2) is 31.8 Å². The minimum atomic E-state index is -0.207. The van der Waals surface area contributed by atoms with Crippen molar-refractivity contribution in [2.24, 2.45) is 0 Å². The second-order valence-corrected chi connectivity index (χ2v) is 7.54. The molecule has 0 radical (unpaired) electrons. The number of aryl methyl sites for hydroxylation is 2. The van der Waals surface area contributed by atoms with Crippen LogP contribution in [0.15, 0.2) is 23.3 Å². The number of rotatable bonds is 4. The number of amides is 2. The van der Waals surface area contributed by atoms with Crippen molar-refractivity contribution in [3.63, 3.8) is 0 Å². The summed E-state index contributed by atoms with van der Waals surface area (Å²) in [6.07, 6.45) is 4.54. The molecule has 2 heterocycles. The number of nitrogens with zero attached hydrogens (tertiary/aromatic N) is 2. The molecule has 2 aromatic rings. The van der Waals surface area contributed by atoms with Gasteiger partial charge in [0.25, 0.3) is 11.8 Å². The van der Waals surface area contributed by atoms with Crippen LogP contribution >= 0.6 is 0 Å². The summed E-state index contributed by atoms with van der Waals surface area (Å²) in [7, 11) is 0. The first-order valence-electron chi connectivity index (χ1n) is 9.32. The van der Waals surface area contributed by atoms with Crippen molar-refractivity contribution in [1.82, 2.24) is 19.9 Å². The van der Waals surface area contributed by atoms with Gasteiger partial charge in [0.1, 0.15) is 0 Å². The molecule has 28 heavy (non-hydrogen) atoms. The van der Waals surface area contributed by atoms with Crippen molar-refractivity contribution < 1.29 is 9.59 Å². The van der Waals surface area contributed by atoms with Crippen molar-refractivity contribution in [2.75, 3.05) is 10.6 Å². The van der Waals surface area contributed by atoms with Crippen LogP contribution in [0.5, 0.6) is 0 Å². The molecule has 1 aliphatic carbocycles. The van der Waals surface area contributed by atoms with Crippen LogP contribution in [0, 0.1) is 0 Å². The number of anilines is 2. The summed E-state index contributed by atoms with van der Waals surface area (Å²) >= 11 is 0. The highest BCUT2D eigenvalue weighted by Gasteiger charge is 2.27. The van der Waals surface area contributed by atoms with E-state index in [1.54, 1.807) is 0 Å². The van der Waals surface area contributed by atoms with Gasteiger partial charge in [-0.2, -0.15) is 0 Å². The lowest BCUT2D eigenvalue weighted by atomic mass is 10.0. The smallest absolute Gasteiger partial charge is 0.250 e. The summed E-state index contributed by atoms with van der Waals surface area (Å²) in [5.74, 6) is 0.400. The molecule has 2 aromatic heterocycles. The third-order valence-electron chi connectivity index (χ3n) is 4.39. The van der Waals surface area contributed by atoms with Gasteiger partial charge in [0.05, 0.1) is 11.4 Å². The van der Waals surface area contributed by atoms with E-state index in [-0.39, 0.29) is 17.7 Å². The van der Waals surface area contributed by atoms with Crippen molar-refractivity contribution in [2.45, 2.75) is 53.4 Å². The first kappa shape index (κ1) is 19.6. The summed E-state index contributed by atoms with van der Waals surface area (Å²) in [6.45, 7) is 9.49. The summed E-state index contributed by atoms with van der Waals surface area (Å²) in [6, 6.07) is 0. The lowest BCUT2D eigenvalue weighted by Crippen LogP contribution is -2.10. The zero-order chi connectivity index (χ0) is 20.4. The molecule has 0 saturated carbocycles. The number of H-pyrrole nitrogens is 2. The number of allylic oxidation sites excluding steroid dienone is 2. The number of imidazole rings is 2. The highest BCUT2D eigenvalue weighted by molar-refractivity contribution is 5.99. The molecule has 148 valence electrons. The van der Waals surface area contributed by atoms with E-state index in [4.69, 9.17) is 0 Å². The maximum Gasteiger partial charge on any atom is 0.250 e. The maximum atomic E-state index is 12.0. The molecular formula is C20H26N6O2. The van der Waals surface area contributed by atoms with E-state index >= 15 is 0 Å². The molecule has 0 spiro atoms. The number of carbonyl (C=O) groups excluding carboxylic acids is 2. The monoisotopic (exact) mass is 382 g/mol. The summed E-state index contributed by atoms with van der Waals surface area (Å²) in [4.78, 5) is 39.5. The van der Waals surface area contributed by atoms with Crippen molar-refractivity contribution in [3.05, 3.63) is 46.1 Å². The van der Waals surface area contributed by atoms with Crippen molar-refractivity contribution >= 4 is 23.7 Å². The molecule has 8 nitrogen and oxygen atoms in total. The van der Waals surface area contributed by atoms with Gasteiger partial charge in [0.2, 0.25) is 11.9 Å². The van der Waals surface area contributed by atoms with Crippen molar-refractivity contribution in [1.29, 1.82) is 0 Å². The molecule has 0 atom stereocenters. The Labute approximate surface area is 163 Å². The summed E-state index contributed by atoms with van der Waals surface area (Å²) < 4.78 is 0. The second-order valence-electron chi connectivity index (χ2n) is 7.54. The number of carbonyl (C=O) groups is 2. The van der Waals surface area contributed by atoms with Gasteiger partial charge in [-0.1, -0.05) is 18.1 Å².